The van der Waals surface area contributed by atoms with Crippen LogP contribution in [0.5, 0.6) is 0 Å². The number of aliphatic carboxylic acids is 1. The van der Waals surface area contributed by atoms with Gasteiger partial charge in [0, 0.05) is 8.80 Å². The van der Waals surface area contributed by atoms with Gasteiger partial charge < -0.3 is 15.2 Å². The Morgan fingerprint density at radius 2 is 1.89 bits per heavy atom. The summed E-state index contributed by atoms with van der Waals surface area (Å²) in [6, 6.07) is 2.24. The number of nitrogens with one attached hydrogen (secondary N) is 1. The van der Waals surface area contributed by atoms with Gasteiger partial charge >= 0.3 is 12.1 Å². The number of hydrogen-bond donors (Lipinski definition) is 2. The maximum atomic E-state index is 11.6. The topological polar surface area (TPSA) is 75.6 Å². The monoisotopic (exact) mass is 273 g/mol. The van der Waals surface area contributed by atoms with Gasteiger partial charge in [0.15, 0.2) is 0 Å². The van der Waals surface area contributed by atoms with Crippen LogP contribution >= 0.6 is 0 Å². The second kappa shape index (κ2) is 6.22. The second-order valence-corrected chi connectivity index (χ2v) is 9.28. The molecule has 0 unspecified atom stereocenters. The number of rotatable bonds is 4. The molecule has 18 heavy (non-hydrogen) atoms. The predicted molar refractivity (Wildman–Crippen MR) is 71.6 cm³/mol. The fourth-order valence-electron chi connectivity index (χ4n) is 2.25. The van der Waals surface area contributed by atoms with Crippen molar-refractivity contribution < 1.29 is 19.4 Å². The zero-order valence-corrected chi connectivity index (χ0v) is 12.5. The number of alkyl carbamates (subject to hydrolysis) is 1. The Labute approximate surface area is 110 Å². The summed E-state index contributed by atoms with van der Waals surface area (Å²) in [5.74, 6) is -0.958. The van der Waals surface area contributed by atoms with Crippen LogP contribution in [0.15, 0.2) is 0 Å². The van der Waals surface area contributed by atoms with Gasteiger partial charge in [0.25, 0.3) is 0 Å². The van der Waals surface area contributed by atoms with Crippen LogP contribution in [-0.2, 0) is 9.53 Å². The first-order valence-electron chi connectivity index (χ1n) is 6.50. The average molecular weight is 273 g/mol. The van der Waals surface area contributed by atoms with E-state index in [1.807, 2.05) is 0 Å². The zero-order valence-electron chi connectivity index (χ0n) is 11.4. The van der Waals surface area contributed by atoms with E-state index >= 15 is 0 Å². The van der Waals surface area contributed by atoms with Crippen molar-refractivity contribution in [1.29, 1.82) is 0 Å². The Morgan fingerprint density at radius 3 is 2.33 bits per heavy atom. The van der Waals surface area contributed by atoms with Gasteiger partial charge in [-0.2, -0.15) is 0 Å². The molecular weight excluding hydrogens is 250 g/mol. The Bertz CT molecular complexity index is 308. The summed E-state index contributed by atoms with van der Waals surface area (Å²) in [6.45, 7) is 5.27. The molecule has 0 bridgehead atoms. The van der Waals surface area contributed by atoms with E-state index in [1.165, 1.54) is 24.9 Å². The Hall–Kier alpha value is -1.04. The van der Waals surface area contributed by atoms with Crippen LogP contribution in [0, 0.1) is 0 Å². The lowest BCUT2D eigenvalue weighted by molar-refractivity contribution is -0.139. The van der Waals surface area contributed by atoms with Gasteiger partial charge in [-0.1, -0.05) is 24.9 Å². The molecule has 104 valence electrons. The molecular formula is C12H23NO4Si. The van der Waals surface area contributed by atoms with Crippen molar-refractivity contribution in [1.82, 2.24) is 5.32 Å². The van der Waals surface area contributed by atoms with Gasteiger partial charge in [-0.25, -0.2) is 4.79 Å². The molecule has 1 amide bonds. The summed E-state index contributed by atoms with van der Waals surface area (Å²) in [5, 5.41) is 11.6. The van der Waals surface area contributed by atoms with Crippen molar-refractivity contribution in [3.63, 3.8) is 0 Å². The van der Waals surface area contributed by atoms with Crippen LogP contribution in [0.25, 0.3) is 0 Å². The number of carboxylic acids is 1. The van der Waals surface area contributed by atoms with Crippen molar-refractivity contribution in [2.75, 3.05) is 0 Å². The summed E-state index contributed by atoms with van der Waals surface area (Å²) in [4.78, 5) is 22.7. The lowest BCUT2D eigenvalue weighted by atomic mass is 10.2. The van der Waals surface area contributed by atoms with Crippen LogP contribution in [0.1, 0.15) is 33.6 Å². The third-order valence-corrected chi connectivity index (χ3v) is 6.62. The maximum Gasteiger partial charge on any atom is 0.408 e. The van der Waals surface area contributed by atoms with Crippen molar-refractivity contribution in [3.05, 3.63) is 0 Å². The van der Waals surface area contributed by atoms with E-state index in [2.05, 4.69) is 5.32 Å². The number of carbonyl (C=O) groups is 2. The molecule has 6 heteroatoms. The van der Waals surface area contributed by atoms with Crippen molar-refractivity contribution >= 4 is 20.9 Å². The van der Waals surface area contributed by atoms with E-state index in [1.54, 1.807) is 20.8 Å². The van der Waals surface area contributed by atoms with E-state index in [0.717, 1.165) is 0 Å². The quantitative estimate of drug-likeness (QED) is 0.768. The molecule has 0 radical (unpaired) electrons. The molecule has 1 aliphatic heterocycles. The molecule has 0 aromatic rings. The van der Waals surface area contributed by atoms with E-state index in [0.29, 0.717) is 6.04 Å². The highest BCUT2D eigenvalue weighted by Gasteiger charge is 2.28. The molecule has 2 N–H and O–H groups in total. The SMILES string of the molecule is CC(C)(C)OC(=O)N[C@@H](C[SiH]1CCCC1)C(=O)O. The molecule has 0 aliphatic carbocycles. The summed E-state index contributed by atoms with van der Waals surface area (Å²) in [7, 11) is -0.958. The Morgan fingerprint density at radius 1 is 1.33 bits per heavy atom. The smallest absolute Gasteiger partial charge is 0.408 e. The summed E-state index contributed by atoms with van der Waals surface area (Å²) in [6.07, 6.45) is 1.80. The molecule has 0 saturated carbocycles. The molecule has 1 atom stereocenters. The lowest BCUT2D eigenvalue weighted by Crippen LogP contribution is -2.45. The van der Waals surface area contributed by atoms with Crippen LogP contribution in [0.4, 0.5) is 4.79 Å². The van der Waals surface area contributed by atoms with Crippen molar-refractivity contribution in [2.45, 2.75) is 63.4 Å². The molecule has 1 aliphatic rings. The number of hydrogen-bond acceptors (Lipinski definition) is 3. The van der Waals surface area contributed by atoms with Gasteiger partial charge in [-0.3, -0.25) is 4.79 Å². The largest absolute Gasteiger partial charge is 0.480 e. The Balaban J connectivity index is 2.46. The van der Waals surface area contributed by atoms with Crippen LogP contribution in [-0.4, -0.2) is 37.6 Å². The minimum atomic E-state index is -0.958. The van der Waals surface area contributed by atoms with Gasteiger partial charge in [0.05, 0.1) is 0 Å². The molecule has 5 nitrogen and oxygen atoms in total. The molecule has 1 fully saturated rings. The summed E-state index contributed by atoms with van der Waals surface area (Å²) < 4.78 is 5.08. The van der Waals surface area contributed by atoms with Crippen molar-refractivity contribution in [3.8, 4) is 0 Å². The highest BCUT2D eigenvalue weighted by Crippen LogP contribution is 2.23. The van der Waals surface area contributed by atoms with Gasteiger partial charge in [-0.15, -0.1) is 0 Å². The predicted octanol–water partition coefficient (Wildman–Crippen LogP) is 1.99. The highest BCUT2D eigenvalue weighted by atomic mass is 28.3. The van der Waals surface area contributed by atoms with E-state index < -0.39 is 32.5 Å². The van der Waals surface area contributed by atoms with Gasteiger partial charge in [0.1, 0.15) is 11.6 Å². The van der Waals surface area contributed by atoms with Crippen LogP contribution in [0.2, 0.25) is 18.1 Å². The molecule has 0 spiro atoms. The van der Waals surface area contributed by atoms with Gasteiger partial charge in [-0.05, 0) is 26.8 Å². The first-order valence-corrected chi connectivity index (χ1v) is 8.95. The molecule has 1 heterocycles. The molecule has 1 saturated heterocycles. The number of carboxylic acid groups (broad SMARTS) is 1. The van der Waals surface area contributed by atoms with Gasteiger partial charge in [0.2, 0.25) is 0 Å². The summed E-state index contributed by atoms with van der Waals surface area (Å²) >= 11 is 0. The molecule has 0 aromatic heterocycles. The van der Waals surface area contributed by atoms with E-state index in [4.69, 9.17) is 9.84 Å². The standard InChI is InChI=1S/C12H23NO4Si/c1-12(2,3)17-11(16)13-9(10(14)15)8-18-6-4-5-7-18/h9,18H,4-8H2,1-3H3,(H,13,16)(H,14,15)/t9-/m0/s1. The van der Waals surface area contributed by atoms with Crippen LogP contribution < -0.4 is 5.32 Å². The molecule has 1 rings (SSSR count). The van der Waals surface area contributed by atoms with E-state index in [-0.39, 0.29) is 0 Å². The Kier molecular flexibility index (Phi) is 5.19. The summed E-state index contributed by atoms with van der Waals surface area (Å²) in [5.41, 5.74) is -0.599. The first kappa shape index (κ1) is 15.0. The first-order chi connectivity index (χ1) is 8.28. The van der Waals surface area contributed by atoms with Crippen molar-refractivity contribution in [2.24, 2.45) is 0 Å². The maximum absolute atomic E-state index is 11.6. The average Bonchev–Trinajstić information content (AvgIpc) is 2.66. The molecule has 0 aromatic carbocycles. The zero-order chi connectivity index (χ0) is 13.8. The van der Waals surface area contributed by atoms with E-state index in [9.17, 15) is 9.59 Å². The minimum absolute atomic E-state index is 0.599. The fourth-order valence-corrected chi connectivity index (χ4v) is 5.73. The lowest BCUT2D eigenvalue weighted by Gasteiger charge is -2.22. The number of amides is 1. The number of ether oxygens (including phenoxy) is 1. The highest BCUT2D eigenvalue weighted by molar-refractivity contribution is 6.60. The normalized spacial score (nSPS) is 18.4. The number of carbonyl (C=O) groups excluding carboxylic acids is 1. The third kappa shape index (κ3) is 5.53. The fraction of sp³-hybridized carbons (Fsp3) is 0.833. The second-order valence-electron chi connectivity index (χ2n) is 5.92. The minimum Gasteiger partial charge on any atom is -0.480 e. The third-order valence-electron chi connectivity index (χ3n) is 3.03. The van der Waals surface area contributed by atoms with Crippen LogP contribution in [0.3, 0.4) is 0 Å².